The first kappa shape index (κ1) is 16.2. The van der Waals surface area contributed by atoms with Gasteiger partial charge in [-0.2, -0.15) is 0 Å². The number of aryl methyl sites for hydroxylation is 1. The Balaban J connectivity index is 1.79. The largest absolute Gasteiger partial charge is 0.481 e. The van der Waals surface area contributed by atoms with E-state index >= 15 is 0 Å². The van der Waals surface area contributed by atoms with Crippen LogP contribution in [-0.2, 0) is 11.2 Å². The smallest absolute Gasteiger partial charge is 0.314 e. The standard InChI is InChI=1S/C17H25N3O3/c1-2-3-13-9-18-16(19-10-13)20-7-6-14(21)17(11-20,15(22)23)8-12-4-5-12/h9-10,12,14,21H,2-8,11H2,1H3,(H,22,23)/t14?,17-/m0/s1. The second kappa shape index (κ2) is 6.43. The molecule has 1 saturated carbocycles. The van der Waals surface area contributed by atoms with Crippen LogP contribution in [0.4, 0.5) is 5.95 Å². The lowest BCUT2D eigenvalue weighted by molar-refractivity contribution is -0.158. The van der Waals surface area contributed by atoms with Crippen molar-refractivity contribution in [3.63, 3.8) is 0 Å². The van der Waals surface area contributed by atoms with Gasteiger partial charge in [0.1, 0.15) is 5.41 Å². The number of anilines is 1. The van der Waals surface area contributed by atoms with Crippen LogP contribution in [0.3, 0.4) is 0 Å². The maximum atomic E-state index is 11.9. The van der Waals surface area contributed by atoms with E-state index in [1.54, 1.807) is 0 Å². The first-order valence-corrected chi connectivity index (χ1v) is 8.52. The molecule has 0 aromatic carbocycles. The Kier molecular flexibility index (Phi) is 4.53. The molecule has 1 aliphatic carbocycles. The van der Waals surface area contributed by atoms with Gasteiger partial charge in [0.2, 0.25) is 5.95 Å². The Hall–Kier alpha value is -1.69. The van der Waals surface area contributed by atoms with Crippen LogP contribution in [0.5, 0.6) is 0 Å². The molecule has 1 unspecified atom stereocenters. The third-order valence-electron chi connectivity index (χ3n) is 5.07. The van der Waals surface area contributed by atoms with Crippen molar-refractivity contribution in [2.45, 2.75) is 51.6 Å². The van der Waals surface area contributed by atoms with Crippen LogP contribution in [0.15, 0.2) is 12.4 Å². The van der Waals surface area contributed by atoms with E-state index in [2.05, 4.69) is 16.9 Å². The number of piperidine rings is 1. The van der Waals surface area contributed by atoms with Gasteiger partial charge in [0.05, 0.1) is 6.10 Å². The average molecular weight is 319 g/mol. The Morgan fingerprint density at radius 1 is 1.35 bits per heavy atom. The monoisotopic (exact) mass is 319 g/mol. The van der Waals surface area contributed by atoms with E-state index in [0.717, 1.165) is 31.2 Å². The van der Waals surface area contributed by atoms with E-state index < -0.39 is 17.5 Å². The van der Waals surface area contributed by atoms with Crippen molar-refractivity contribution in [1.82, 2.24) is 9.97 Å². The summed E-state index contributed by atoms with van der Waals surface area (Å²) in [5.74, 6) is 0.107. The van der Waals surface area contributed by atoms with Gasteiger partial charge in [-0.3, -0.25) is 4.79 Å². The summed E-state index contributed by atoms with van der Waals surface area (Å²) in [7, 11) is 0. The van der Waals surface area contributed by atoms with Crippen LogP contribution in [0.25, 0.3) is 0 Å². The van der Waals surface area contributed by atoms with Gasteiger partial charge < -0.3 is 15.1 Å². The molecule has 2 fully saturated rings. The van der Waals surface area contributed by atoms with Crippen molar-refractivity contribution in [3.05, 3.63) is 18.0 Å². The summed E-state index contributed by atoms with van der Waals surface area (Å²) in [6.07, 6.45) is 7.97. The maximum Gasteiger partial charge on any atom is 0.314 e. The molecule has 1 aromatic heterocycles. The fraction of sp³-hybridized carbons (Fsp3) is 0.706. The normalized spacial score (nSPS) is 27.9. The number of aliphatic carboxylic acids is 1. The number of carbonyl (C=O) groups is 1. The van der Waals surface area contributed by atoms with Crippen LogP contribution < -0.4 is 4.90 Å². The van der Waals surface area contributed by atoms with Gasteiger partial charge in [0.15, 0.2) is 0 Å². The van der Waals surface area contributed by atoms with Crippen molar-refractivity contribution in [1.29, 1.82) is 0 Å². The van der Waals surface area contributed by atoms with Crippen LogP contribution in [0.2, 0.25) is 0 Å². The summed E-state index contributed by atoms with van der Waals surface area (Å²) in [6.45, 7) is 2.99. The van der Waals surface area contributed by atoms with Gasteiger partial charge >= 0.3 is 5.97 Å². The Bertz CT molecular complexity index is 559. The lowest BCUT2D eigenvalue weighted by Crippen LogP contribution is -2.56. The van der Waals surface area contributed by atoms with Crippen molar-refractivity contribution in [3.8, 4) is 0 Å². The Labute approximate surface area is 136 Å². The molecular weight excluding hydrogens is 294 g/mol. The predicted octanol–water partition coefficient (Wildman–Crippen LogP) is 1.87. The first-order valence-electron chi connectivity index (χ1n) is 8.52. The second-order valence-corrected chi connectivity index (χ2v) is 6.98. The van der Waals surface area contributed by atoms with Crippen molar-refractivity contribution in [2.75, 3.05) is 18.0 Å². The molecule has 0 radical (unpaired) electrons. The van der Waals surface area contributed by atoms with Crippen LogP contribution in [-0.4, -0.2) is 45.3 Å². The summed E-state index contributed by atoms with van der Waals surface area (Å²) < 4.78 is 0. The van der Waals surface area contributed by atoms with Crippen molar-refractivity contribution < 1.29 is 15.0 Å². The number of nitrogens with zero attached hydrogens (tertiary/aromatic N) is 3. The molecule has 6 nitrogen and oxygen atoms in total. The summed E-state index contributed by atoms with van der Waals surface area (Å²) in [5, 5.41) is 20.2. The Morgan fingerprint density at radius 3 is 2.61 bits per heavy atom. The van der Waals surface area contributed by atoms with Gasteiger partial charge in [-0.05, 0) is 30.7 Å². The fourth-order valence-corrected chi connectivity index (χ4v) is 3.51. The van der Waals surface area contributed by atoms with Gasteiger partial charge in [-0.1, -0.05) is 26.2 Å². The minimum absolute atomic E-state index is 0.285. The molecule has 1 aliphatic heterocycles. The van der Waals surface area contributed by atoms with Crippen LogP contribution >= 0.6 is 0 Å². The number of aliphatic hydroxyl groups is 1. The number of hydrogen-bond donors (Lipinski definition) is 2. The van der Waals surface area contributed by atoms with Crippen LogP contribution in [0, 0.1) is 11.3 Å². The molecule has 2 atom stereocenters. The zero-order valence-electron chi connectivity index (χ0n) is 13.6. The predicted molar refractivity (Wildman–Crippen MR) is 86.3 cm³/mol. The summed E-state index contributed by atoms with van der Waals surface area (Å²) in [4.78, 5) is 22.7. The third-order valence-corrected chi connectivity index (χ3v) is 5.07. The van der Waals surface area contributed by atoms with Gasteiger partial charge in [-0.15, -0.1) is 0 Å². The highest BCUT2D eigenvalue weighted by Gasteiger charge is 2.52. The molecule has 23 heavy (non-hydrogen) atoms. The maximum absolute atomic E-state index is 11.9. The highest BCUT2D eigenvalue weighted by Crippen LogP contribution is 2.45. The van der Waals surface area contributed by atoms with Gasteiger partial charge in [0.25, 0.3) is 0 Å². The average Bonchev–Trinajstić information content (AvgIpc) is 3.34. The summed E-state index contributed by atoms with van der Waals surface area (Å²) in [6, 6.07) is 0. The molecule has 0 amide bonds. The topological polar surface area (TPSA) is 86.5 Å². The SMILES string of the molecule is CCCc1cnc(N2CCC(O)[C@@](CC3CC3)(C(=O)O)C2)nc1. The summed E-state index contributed by atoms with van der Waals surface area (Å²) >= 11 is 0. The Morgan fingerprint density at radius 2 is 2.04 bits per heavy atom. The molecule has 6 heteroatoms. The van der Waals surface area contributed by atoms with E-state index in [9.17, 15) is 15.0 Å². The molecule has 1 aromatic rings. The highest BCUT2D eigenvalue weighted by atomic mass is 16.4. The van der Waals surface area contributed by atoms with Gasteiger partial charge in [0, 0.05) is 25.5 Å². The number of aliphatic hydroxyl groups excluding tert-OH is 1. The molecule has 1 saturated heterocycles. The minimum Gasteiger partial charge on any atom is -0.481 e. The number of aromatic nitrogens is 2. The lowest BCUT2D eigenvalue weighted by Gasteiger charge is -2.43. The zero-order chi connectivity index (χ0) is 16.4. The van der Waals surface area contributed by atoms with Crippen LogP contribution in [0.1, 0.15) is 44.6 Å². The molecular formula is C17H25N3O3. The van der Waals surface area contributed by atoms with Crippen molar-refractivity contribution in [2.24, 2.45) is 11.3 Å². The lowest BCUT2D eigenvalue weighted by atomic mass is 9.73. The van der Waals surface area contributed by atoms with Crippen molar-refractivity contribution >= 4 is 11.9 Å². The van der Waals surface area contributed by atoms with Gasteiger partial charge in [-0.25, -0.2) is 9.97 Å². The molecule has 2 heterocycles. The van der Waals surface area contributed by atoms with E-state index in [1.165, 1.54) is 0 Å². The minimum atomic E-state index is -1.09. The number of carboxylic acid groups (broad SMARTS) is 1. The molecule has 2 N–H and O–H groups in total. The molecule has 2 aliphatic rings. The molecule has 3 rings (SSSR count). The number of carboxylic acids is 1. The fourth-order valence-electron chi connectivity index (χ4n) is 3.51. The number of rotatable bonds is 6. The van der Waals surface area contributed by atoms with E-state index in [-0.39, 0.29) is 6.54 Å². The highest BCUT2D eigenvalue weighted by molar-refractivity contribution is 5.77. The summed E-state index contributed by atoms with van der Waals surface area (Å²) in [5.41, 5.74) is 0.000914. The molecule has 0 spiro atoms. The first-order chi connectivity index (χ1) is 11.0. The van der Waals surface area contributed by atoms with E-state index in [1.807, 2.05) is 17.3 Å². The molecule has 0 bridgehead atoms. The van der Waals surface area contributed by atoms with E-state index in [4.69, 9.17) is 0 Å². The second-order valence-electron chi connectivity index (χ2n) is 6.98. The van der Waals surface area contributed by atoms with E-state index in [0.29, 0.717) is 31.3 Å². The number of hydrogen-bond acceptors (Lipinski definition) is 5. The molecule has 126 valence electrons. The third kappa shape index (κ3) is 3.32. The zero-order valence-corrected chi connectivity index (χ0v) is 13.6. The quantitative estimate of drug-likeness (QED) is 0.832.